The lowest BCUT2D eigenvalue weighted by Crippen LogP contribution is -2.49. The largest absolute Gasteiger partial charge is 0.369 e. The molecule has 1 atom stereocenters. The molecule has 1 aliphatic heterocycles. The molecular weight excluding hydrogens is 292 g/mol. The van der Waals surface area contributed by atoms with Gasteiger partial charge in [0.05, 0.1) is 12.3 Å². The minimum absolute atomic E-state index is 0.287. The highest BCUT2D eigenvalue weighted by Crippen LogP contribution is 2.23. The molecule has 0 saturated carbocycles. The van der Waals surface area contributed by atoms with E-state index in [1.54, 1.807) is 19.2 Å². The third-order valence-electron chi connectivity index (χ3n) is 3.51. The van der Waals surface area contributed by atoms with E-state index in [1.807, 2.05) is 13.8 Å². The van der Waals surface area contributed by atoms with Crippen LogP contribution in [0.15, 0.2) is 12.3 Å². The van der Waals surface area contributed by atoms with E-state index in [9.17, 15) is 8.42 Å². The Morgan fingerprint density at radius 1 is 1.43 bits per heavy atom. The van der Waals surface area contributed by atoms with Gasteiger partial charge in [-0.15, -0.1) is 0 Å². The fraction of sp³-hybridized carbons (Fsp3) is 0.692. The summed E-state index contributed by atoms with van der Waals surface area (Å²) in [7, 11) is -3.43. The summed E-state index contributed by atoms with van der Waals surface area (Å²) < 4.78 is 33.7. The summed E-state index contributed by atoms with van der Waals surface area (Å²) >= 11 is 0. The zero-order chi connectivity index (χ0) is 15.5. The Labute approximate surface area is 126 Å². The van der Waals surface area contributed by atoms with E-state index in [-0.39, 0.29) is 12.6 Å². The second kappa shape index (κ2) is 6.78. The van der Waals surface area contributed by atoms with Crippen LogP contribution >= 0.6 is 0 Å². The molecule has 0 radical (unpaired) electrons. The summed E-state index contributed by atoms with van der Waals surface area (Å²) in [5, 5.41) is 0. The summed E-state index contributed by atoms with van der Waals surface area (Å²) in [4.78, 5) is 8.38. The normalized spacial score (nSPS) is 20.9. The van der Waals surface area contributed by atoms with Crippen LogP contribution in [-0.4, -0.2) is 59.8 Å². The summed E-state index contributed by atoms with van der Waals surface area (Å²) in [6.45, 7) is 7.44. The lowest BCUT2D eigenvalue weighted by molar-refractivity contribution is -0.00673. The Balaban J connectivity index is 2.18. The molecule has 0 N–H and O–H groups in total. The summed E-state index contributed by atoms with van der Waals surface area (Å²) in [5.41, 5.74) is 0.724. The smallest absolute Gasteiger partial charge is 0.282 e. The highest BCUT2D eigenvalue weighted by atomic mass is 32.2. The van der Waals surface area contributed by atoms with E-state index < -0.39 is 10.2 Å². The minimum atomic E-state index is -3.43. The fourth-order valence-electron chi connectivity index (χ4n) is 2.38. The maximum absolute atomic E-state index is 12.6. The molecule has 8 heteroatoms. The molecule has 118 valence electrons. The first-order valence-electron chi connectivity index (χ1n) is 7.15. The monoisotopic (exact) mass is 314 g/mol. The molecule has 2 rings (SSSR count). The molecule has 0 aromatic carbocycles. The second-order valence-electron chi connectivity index (χ2n) is 4.84. The van der Waals surface area contributed by atoms with Crippen molar-refractivity contribution in [3.8, 4) is 0 Å². The van der Waals surface area contributed by atoms with Crippen LogP contribution in [0.2, 0.25) is 0 Å². The van der Waals surface area contributed by atoms with Gasteiger partial charge in [-0.3, -0.25) is 0 Å². The van der Waals surface area contributed by atoms with Gasteiger partial charge >= 0.3 is 0 Å². The number of ether oxygens (including phenoxy) is 1. The standard InChI is InChI=1S/C13H22N4O3S/c1-4-16(5-2)21(18,19)17-8-9-20-13(10-17)12-6-7-14-11(3)15-12/h6-7,13H,4-5,8-10H2,1-3H3/t13-/m0/s1. The second-order valence-corrected chi connectivity index (χ2v) is 6.77. The number of hydrogen-bond donors (Lipinski definition) is 0. The molecule has 1 aromatic rings. The molecule has 0 bridgehead atoms. The van der Waals surface area contributed by atoms with Crippen molar-refractivity contribution >= 4 is 10.2 Å². The lowest BCUT2D eigenvalue weighted by Gasteiger charge is -2.34. The summed E-state index contributed by atoms with van der Waals surface area (Å²) in [6.07, 6.45) is 1.32. The van der Waals surface area contributed by atoms with Crippen LogP contribution in [0.4, 0.5) is 0 Å². The van der Waals surface area contributed by atoms with Gasteiger partial charge in [-0.25, -0.2) is 9.97 Å². The first-order chi connectivity index (χ1) is 9.98. The van der Waals surface area contributed by atoms with Gasteiger partial charge in [0.2, 0.25) is 0 Å². The van der Waals surface area contributed by atoms with Crippen LogP contribution in [0.3, 0.4) is 0 Å². The van der Waals surface area contributed by atoms with Gasteiger partial charge in [0.15, 0.2) is 0 Å². The van der Waals surface area contributed by atoms with Gasteiger partial charge < -0.3 is 4.74 Å². The predicted molar refractivity (Wildman–Crippen MR) is 78.9 cm³/mol. The summed E-state index contributed by atoms with van der Waals surface area (Å²) in [6, 6.07) is 1.77. The Kier molecular flexibility index (Phi) is 5.26. The van der Waals surface area contributed by atoms with Crippen LogP contribution in [0.1, 0.15) is 31.5 Å². The van der Waals surface area contributed by atoms with Crippen LogP contribution < -0.4 is 0 Å². The minimum Gasteiger partial charge on any atom is -0.369 e. The van der Waals surface area contributed by atoms with Crippen molar-refractivity contribution in [2.45, 2.75) is 26.9 Å². The van der Waals surface area contributed by atoms with E-state index in [4.69, 9.17) is 4.74 Å². The lowest BCUT2D eigenvalue weighted by atomic mass is 10.2. The Morgan fingerprint density at radius 2 is 2.14 bits per heavy atom. The van der Waals surface area contributed by atoms with Crippen molar-refractivity contribution in [2.75, 3.05) is 32.8 Å². The summed E-state index contributed by atoms with van der Waals surface area (Å²) in [5.74, 6) is 0.653. The van der Waals surface area contributed by atoms with Gasteiger partial charge in [-0.05, 0) is 13.0 Å². The number of rotatable bonds is 5. The highest BCUT2D eigenvalue weighted by Gasteiger charge is 2.33. The predicted octanol–water partition coefficient (Wildman–Crippen LogP) is 0.745. The van der Waals surface area contributed by atoms with Gasteiger partial charge in [0.1, 0.15) is 11.9 Å². The molecule has 0 spiro atoms. The average molecular weight is 314 g/mol. The zero-order valence-corrected chi connectivity index (χ0v) is 13.5. The Hall–Kier alpha value is -1.09. The van der Waals surface area contributed by atoms with Gasteiger partial charge in [0.25, 0.3) is 10.2 Å². The van der Waals surface area contributed by atoms with Crippen molar-refractivity contribution in [2.24, 2.45) is 0 Å². The average Bonchev–Trinajstić information content (AvgIpc) is 2.48. The zero-order valence-electron chi connectivity index (χ0n) is 12.7. The molecule has 1 saturated heterocycles. The highest BCUT2D eigenvalue weighted by molar-refractivity contribution is 7.86. The fourth-order valence-corrected chi connectivity index (χ4v) is 3.99. The molecule has 1 fully saturated rings. The number of aryl methyl sites for hydroxylation is 1. The molecule has 0 unspecified atom stereocenters. The Morgan fingerprint density at radius 3 is 2.76 bits per heavy atom. The first-order valence-corrected chi connectivity index (χ1v) is 8.55. The number of hydrogen-bond acceptors (Lipinski definition) is 5. The van der Waals surface area contributed by atoms with Gasteiger partial charge in [-0.2, -0.15) is 17.0 Å². The Bertz CT molecular complexity index is 575. The van der Waals surface area contributed by atoms with Crippen LogP contribution in [0, 0.1) is 6.92 Å². The van der Waals surface area contributed by atoms with E-state index >= 15 is 0 Å². The number of nitrogens with zero attached hydrogens (tertiary/aromatic N) is 4. The number of aromatic nitrogens is 2. The van der Waals surface area contributed by atoms with Crippen molar-refractivity contribution in [1.82, 2.24) is 18.6 Å². The maximum Gasteiger partial charge on any atom is 0.282 e. The van der Waals surface area contributed by atoms with Crippen molar-refractivity contribution in [3.63, 3.8) is 0 Å². The molecule has 0 aliphatic carbocycles. The number of morpholine rings is 1. The first kappa shape index (κ1) is 16.3. The third kappa shape index (κ3) is 3.57. The molecular formula is C13H22N4O3S. The topological polar surface area (TPSA) is 75.6 Å². The van der Waals surface area contributed by atoms with Gasteiger partial charge in [-0.1, -0.05) is 13.8 Å². The molecule has 7 nitrogen and oxygen atoms in total. The SMILES string of the molecule is CCN(CC)S(=O)(=O)N1CCO[C@H](c2ccnc(C)n2)C1. The van der Waals surface area contributed by atoms with Crippen molar-refractivity contribution in [1.29, 1.82) is 0 Å². The van der Waals surface area contributed by atoms with E-state index in [0.717, 1.165) is 5.69 Å². The molecule has 0 amide bonds. The third-order valence-corrected chi connectivity index (χ3v) is 5.67. The van der Waals surface area contributed by atoms with E-state index in [2.05, 4.69) is 9.97 Å². The quantitative estimate of drug-likeness (QED) is 0.801. The van der Waals surface area contributed by atoms with Crippen LogP contribution in [-0.2, 0) is 14.9 Å². The van der Waals surface area contributed by atoms with Crippen LogP contribution in [0.5, 0.6) is 0 Å². The molecule has 1 aliphatic rings. The maximum atomic E-state index is 12.6. The van der Waals surface area contributed by atoms with E-state index in [0.29, 0.717) is 32.1 Å². The molecule has 2 heterocycles. The van der Waals surface area contributed by atoms with E-state index in [1.165, 1.54) is 8.61 Å². The van der Waals surface area contributed by atoms with Crippen LogP contribution in [0.25, 0.3) is 0 Å². The van der Waals surface area contributed by atoms with Gasteiger partial charge in [0, 0.05) is 32.4 Å². The van der Waals surface area contributed by atoms with Crippen molar-refractivity contribution in [3.05, 3.63) is 23.8 Å². The molecule has 1 aromatic heterocycles. The van der Waals surface area contributed by atoms with Crippen molar-refractivity contribution < 1.29 is 13.2 Å². The molecule has 21 heavy (non-hydrogen) atoms.